The molecule has 0 saturated carbocycles. The number of nitrogens with zero attached hydrogens (tertiary/aromatic N) is 1. The summed E-state index contributed by atoms with van der Waals surface area (Å²) in [5.74, 6) is 2.32. The molecule has 1 aromatic heterocycles. The summed E-state index contributed by atoms with van der Waals surface area (Å²) in [6.45, 7) is 2.16. The lowest BCUT2D eigenvalue weighted by atomic mass is 10.1. The Kier molecular flexibility index (Phi) is 5.22. The number of aromatic amines is 1. The number of hydrogen-bond acceptors (Lipinski definition) is 4. The molecule has 1 atom stereocenters. The SMILES string of the molecule is CCCCC(N)c1ncc(-c2ccc(OC)cc2OC)[nH]1. The Hall–Kier alpha value is -2.01. The van der Waals surface area contributed by atoms with Crippen molar-refractivity contribution in [2.45, 2.75) is 32.2 Å². The lowest BCUT2D eigenvalue weighted by Gasteiger charge is -2.10. The van der Waals surface area contributed by atoms with Gasteiger partial charge in [0.05, 0.1) is 32.2 Å². The summed E-state index contributed by atoms with van der Waals surface area (Å²) in [6.07, 6.45) is 4.96. The van der Waals surface area contributed by atoms with Crippen molar-refractivity contribution in [2.24, 2.45) is 5.73 Å². The van der Waals surface area contributed by atoms with Crippen LogP contribution in [-0.2, 0) is 0 Å². The van der Waals surface area contributed by atoms with Gasteiger partial charge in [0.15, 0.2) is 0 Å². The van der Waals surface area contributed by atoms with Crippen LogP contribution >= 0.6 is 0 Å². The Balaban J connectivity index is 2.24. The van der Waals surface area contributed by atoms with E-state index in [0.29, 0.717) is 0 Å². The largest absolute Gasteiger partial charge is 0.497 e. The number of aromatic nitrogens is 2. The van der Waals surface area contributed by atoms with Gasteiger partial charge in [-0.05, 0) is 18.6 Å². The molecule has 0 radical (unpaired) electrons. The predicted octanol–water partition coefficient (Wildman–Crippen LogP) is 3.28. The van der Waals surface area contributed by atoms with E-state index in [2.05, 4.69) is 16.9 Å². The van der Waals surface area contributed by atoms with Gasteiger partial charge in [-0.2, -0.15) is 0 Å². The first-order valence-electron chi connectivity index (χ1n) is 7.22. The fraction of sp³-hybridized carbons (Fsp3) is 0.438. The number of imidazole rings is 1. The molecule has 3 N–H and O–H groups in total. The van der Waals surface area contributed by atoms with Crippen LogP contribution in [-0.4, -0.2) is 24.2 Å². The first-order chi connectivity index (χ1) is 10.2. The van der Waals surface area contributed by atoms with Gasteiger partial charge in [0.2, 0.25) is 0 Å². The zero-order valence-electron chi connectivity index (χ0n) is 12.8. The van der Waals surface area contributed by atoms with Gasteiger partial charge in [-0.1, -0.05) is 19.8 Å². The minimum absolute atomic E-state index is 0.0528. The highest BCUT2D eigenvalue weighted by Gasteiger charge is 2.13. The van der Waals surface area contributed by atoms with Crippen LogP contribution in [0.4, 0.5) is 0 Å². The average molecular weight is 289 g/mol. The van der Waals surface area contributed by atoms with E-state index in [4.69, 9.17) is 15.2 Å². The maximum Gasteiger partial charge on any atom is 0.131 e. The molecule has 0 aliphatic carbocycles. The van der Waals surface area contributed by atoms with Crippen LogP contribution in [0, 0.1) is 0 Å². The first-order valence-corrected chi connectivity index (χ1v) is 7.22. The fourth-order valence-corrected chi connectivity index (χ4v) is 2.24. The molecular formula is C16H23N3O2. The zero-order chi connectivity index (χ0) is 15.2. The highest BCUT2D eigenvalue weighted by Crippen LogP contribution is 2.32. The molecule has 2 aromatic rings. The van der Waals surface area contributed by atoms with Gasteiger partial charge in [0.25, 0.3) is 0 Å². The van der Waals surface area contributed by atoms with Gasteiger partial charge in [-0.3, -0.25) is 0 Å². The van der Waals surface area contributed by atoms with Crippen molar-refractivity contribution in [3.63, 3.8) is 0 Å². The van der Waals surface area contributed by atoms with Gasteiger partial charge in [0, 0.05) is 11.6 Å². The van der Waals surface area contributed by atoms with Gasteiger partial charge < -0.3 is 20.2 Å². The molecule has 0 saturated heterocycles. The fourth-order valence-electron chi connectivity index (χ4n) is 2.24. The standard InChI is InChI=1S/C16H23N3O2/c1-4-5-6-13(17)16-18-10-14(19-16)12-8-7-11(20-2)9-15(12)21-3/h7-10,13H,4-6,17H2,1-3H3,(H,18,19). The maximum atomic E-state index is 6.14. The average Bonchev–Trinajstić information content (AvgIpc) is 3.01. The molecule has 0 spiro atoms. The Morgan fingerprint density at radius 2 is 2.10 bits per heavy atom. The van der Waals surface area contributed by atoms with Crippen LogP contribution < -0.4 is 15.2 Å². The van der Waals surface area contributed by atoms with E-state index in [1.807, 2.05) is 18.2 Å². The van der Waals surface area contributed by atoms with Crippen LogP contribution in [0.1, 0.15) is 38.1 Å². The van der Waals surface area contributed by atoms with Gasteiger partial charge in [0.1, 0.15) is 17.3 Å². The van der Waals surface area contributed by atoms with Gasteiger partial charge >= 0.3 is 0 Å². The molecular weight excluding hydrogens is 266 g/mol. The van der Waals surface area contributed by atoms with Crippen molar-refractivity contribution in [2.75, 3.05) is 14.2 Å². The van der Waals surface area contributed by atoms with Crippen molar-refractivity contribution in [3.05, 3.63) is 30.2 Å². The van der Waals surface area contributed by atoms with E-state index in [0.717, 1.165) is 47.8 Å². The molecule has 2 rings (SSSR count). The van der Waals surface area contributed by atoms with Crippen LogP contribution in [0.2, 0.25) is 0 Å². The Morgan fingerprint density at radius 3 is 2.76 bits per heavy atom. The Morgan fingerprint density at radius 1 is 1.29 bits per heavy atom. The van der Waals surface area contributed by atoms with E-state index in [1.54, 1.807) is 20.4 Å². The van der Waals surface area contributed by atoms with Crippen molar-refractivity contribution in [1.29, 1.82) is 0 Å². The minimum Gasteiger partial charge on any atom is -0.497 e. The Labute approximate surface area is 125 Å². The number of hydrogen-bond donors (Lipinski definition) is 2. The molecule has 1 aromatic carbocycles. The van der Waals surface area contributed by atoms with Crippen molar-refractivity contribution in [1.82, 2.24) is 9.97 Å². The lowest BCUT2D eigenvalue weighted by Crippen LogP contribution is -2.11. The topological polar surface area (TPSA) is 73.2 Å². The first kappa shape index (κ1) is 15.4. The molecule has 0 amide bonds. The summed E-state index contributed by atoms with van der Waals surface area (Å²) in [6, 6.07) is 5.65. The summed E-state index contributed by atoms with van der Waals surface area (Å²) >= 11 is 0. The Bertz CT molecular complexity index is 581. The van der Waals surface area contributed by atoms with Crippen molar-refractivity contribution in [3.8, 4) is 22.8 Å². The number of unbranched alkanes of at least 4 members (excludes halogenated alkanes) is 1. The summed E-state index contributed by atoms with van der Waals surface area (Å²) in [5, 5.41) is 0. The number of methoxy groups -OCH3 is 2. The predicted molar refractivity (Wildman–Crippen MR) is 83.6 cm³/mol. The molecule has 0 aliphatic heterocycles. The molecule has 0 fully saturated rings. The van der Waals surface area contributed by atoms with Crippen LogP contribution in [0.3, 0.4) is 0 Å². The smallest absolute Gasteiger partial charge is 0.131 e. The normalized spacial score (nSPS) is 12.2. The van der Waals surface area contributed by atoms with Crippen molar-refractivity contribution < 1.29 is 9.47 Å². The van der Waals surface area contributed by atoms with Crippen LogP contribution in [0.25, 0.3) is 11.3 Å². The number of benzene rings is 1. The second kappa shape index (κ2) is 7.13. The number of nitrogens with two attached hydrogens (primary N) is 1. The van der Waals surface area contributed by atoms with Gasteiger partial charge in [-0.25, -0.2) is 4.98 Å². The molecule has 5 nitrogen and oxygen atoms in total. The highest BCUT2D eigenvalue weighted by molar-refractivity contribution is 5.68. The lowest BCUT2D eigenvalue weighted by molar-refractivity contribution is 0.395. The summed E-state index contributed by atoms with van der Waals surface area (Å²) in [7, 11) is 3.28. The third-order valence-electron chi connectivity index (χ3n) is 3.51. The third kappa shape index (κ3) is 3.55. The monoisotopic (exact) mass is 289 g/mol. The molecule has 21 heavy (non-hydrogen) atoms. The molecule has 1 unspecified atom stereocenters. The highest BCUT2D eigenvalue weighted by atomic mass is 16.5. The molecule has 1 heterocycles. The van der Waals surface area contributed by atoms with E-state index >= 15 is 0 Å². The maximum absolute atomic E-state index is 6.14. The summed E-state index contributed by atoms with van der Waals surface area (Å²) < 4.78 is 10.6. The van der Waals surface area contributed by atoms with E-state index in [-0.39, 0.29) is 6.04 Å². The minimum atomic E-state index is -0.0528. The quantitative estimate of drug-likeness (QED) is 0.820. The number of ether oxygens (including phenoxy) is 2. The number of H-pyrrole nitrogens is 1. The van der Waals surface area contributed by atoms with Crippen LogP contribution in [0.5, 0.6) is 11.5 Å². The summed E-state index contributed by atoms with van der Waals surface area (Å²) in [5.41, 5.74) is 7.99. The van der Waals surface area contributed by atoms with Crippen LogP contribution in [0.15, 0.2) is 24.4 Å². The number of rotatable bonds is 7. The molecule has 0 aliphatic rings. The van der Waals surface area contributed by atoms with Crippen molar-refractivity contribution >= 4 is 0 Å². The molecule has 5 heteroatoms. The zero-order valence-corrected chi connectivity index (χ0v) is 12.8. The second-order valence-electron chi connectivity index (χ2n) is 5.00. The summed E-state index contributed by atoms with van der Waals surface area (Å²) in [4.78, 5) is 7.69. The third-order valence-corrected chi connectivity index (χ3v) is 3.51. The molecule has 0 bridgehead atoms. The molecule has 114 valence electrons. The second-order valence-corrected chi connectivity index (χ2v) is 5.00. The van der Waals surface area contributed by atoms with Gasteiger partial charge in [-0.15, -0.1) is 0 Å². The van der Waals surface area contributed by atoms with E-state index in [9.17, 15) is 0 Å². The van der Waals surface area contributed by atoms with E-state index in [1.165, 1.54) is 0 Å². The van der Waals surface area contributed by atoms with E-state index < -0.39 is 0 Å². The number of nitrogens with one attached hydrogen (secondary N) is 1.